The van der Waals surface area contributed by atoms with Crippen LogP contribution in [0.3, 0.4) is 0 Å². The molecule has 1 rings (SSSR count). The molecule has 5 nitrogen and oxygen atoms in total. The molecule has 1 heterocycles. The molecule has 0 saturated carbocycles. The average Bonchev–Trinajstić information content (AvgIpc) is 2.31. The largest absolute Gasteiger partial charge is 0.447 e. The Labute approximate surface area is 64.3 Å². The van der Waals surface area contributed by atoms with Crippen LogP contribution in [0, 0.1) is 0 Å². The number of hydrogen-bond acceptors (Lipinski definition) is 3. The van der Waals surface area contributed by atoms with E-state index in [1.165, 1.54) is 11.8 Å². The van der Waals surface area contributed by atoms with Crippen molar-refractivity contribution in [3.63, 3.8) is 0 Å². The molecule has 1 N–H and O–H groups in total. The number of ether oxygens (including phenoxy) is 1. The van der Waals surface area contributed by atoms with E-state index in [0.717, 1.165) is 0 Å². The third-order valence-electron chi connectivity index (χ3n) is 1.36. The predicted octanol–water partition coefficient (Wildman–Crippen LogP) is -0.468. The minimum atomic E-state index is -0.362. The zero-order valence-corrected chi connectivity index (χ0v) is 6.29. The number of rotatable bonds is 2. The molecule has 0 aromatic rings. The van der Waals surface area contributed by atoms with Crippen LogP contribution in [-0.2, 0) is 9.53 Å². The second kappa shape index (κ2) is 3.23. The van der Waals surface area contributed by atoms with E-state index in [4.69, 9.17) is 0 Å². The van der Waals surface area contributed by atoms with Gasteiger partial charge in [-0.15, -0.1) is 0 Å². The Morgan fingerprint density at radius 3 is 3.00 bits per heavy atom. The predicted molar refractivity (Wildman–Crippen MR) is 36.7 cm³/mol. The van der Waals surface area contributed by atoms with Gasteiger partial charge in [0.2, 0.25) is 5.91 Å². The van der Waals surface area contributed by atoms with Gasteiger partial charge in [0.25, 0.3) is 0 Å². The number of nitrogens with zero attached hydrogens (tertiary/aromatic N) is 1. The van der Waals surface area contributed by atoms with Crippen molar-refractivity contribution >= 4 is 12.0 Å². The van der Waals surface area contributed by atoms with Crippen molar-refractivity contribution in [1.29, 1.82) is 0 Å². The molecule has 2 amide bonds. The van der Waals surface area contributed by atoms with Crippen LogP contribution >= 0.6 is 0 Å². The average molecular weight is 158 g/mol. The standard InChI is InChI=1S/C6H10N2O3/c1-5(9)7-4-8-2-3-11-6(8)10/h2-4H2,1H3,(H,7,9). The molecule has 1 fully saturated rings. The molecule has 11 heavy (non-hydrogen) atoms. The lowest BCUT2D eigenvalue weighted by atomic mass is 10.6. The fourth-order valence-electron chi connectivity index (χ4n) is 0.776. The Balaban J connectivity index is 2.26. The molecular formula is C6H10N2O3. The van der Waals surface area contributed by atoms with E-state index in [0.29, 0.717) is 13.2 Å². The number of hydrogen-bond donors (Lipinski definition) is 1. The van der Waals surface area contributed by atoms with E-state index in [9.17, 15) is 9.59 Å². The summed E-state index contributed by atoms with van der Waals surface area (Å²) in [6.45, 7) is 2.62. The molecular weight excluding hydrogens is 148 g/mol. The monoisotopic (exact) mass is 158 g/mol. The molecule has 62 valence electrons. The van der Waals surface area contributed by atoms with Gasteiger partial charge in [-0.2, -0.15) is 0 Å². The smallest absolute Gasteiger partial charge is 0.411 e. The summed E-state index contributed by atoms with van der Waals surface area (Å²) in [5, 5.41) is 2.50. The molecule has 1 aliphatic heterocycles. The lowest BCUT2D eigenvalue weighted by molar-refractivity contribution is -0.119. The van der Waals surface area contributed by atoms with E-state index in [-0.39, 0.29) is 18.7 Å². The van der Waals surface area contributed by atoms with E-state index >= 15 is 0 Å². The fourth-order valence-corrected chi connectivity index (χ4v) is 0.776. The number of carbonyl (C=O) groups excluding carboxylic acids is 2. The quantitative estimate of drug-likeness (QED) is 0.591. The van der Waals surface area contributed by atoms with Crippen molar-refractivity contribution < 1.29 is 14.3 Å². The SMILES string of the molecule is CC(=O)NCN1CCOC1=O. The summed E-state index contributed by atoms with van der Waals surface area (Å²) in [6, 6.07) is 0. The minimum Gasteiger partial charge on any atom is -0.447 e. The summed E-state index contributed by atoms with van der Waals surface area (Å²) < 4.78 is 4.63. The Morgan fingerprint density at radius 1 is 1.82 bits per heavy atom. The van der Waals surface area contributed by atoms with Gasteiger partial charge in [0.05, 0.1) is 13.2 Å². The van der Waals surface area contributed by atoms with Crippen molar-refractivity contribution in [2.75, 3.05) is 19.8 Å². The van der Waals surface area contributed by atoms with Gasteiger partial charge < -0.3 is 10.1 Å². The second-order valence-corrected chi connectivity index (χ2v) is 2.27. The van der Waals surface area contributed by atoms with Gasteiger partial charge in [0, 0.05) is 6.92 Å². The maximum atomic E-state index is 10.7. The highest BCUT2D eigenvalue weighted by Gasteiger charge is 2.20. The Morgan fingerprint density at radius 2 is 2.55 bits per heavy atom. The van der Waals surface area contributed by atoms with Crippen LogP contribution in [0.5, 0.6) is 0 Å². The van der Waals surface area contributed by atoms with Crippen LogP contribution in [-0.4, -0.2) is 36.7 Å². The highest BCUT2D eigenvalue weighted by Crippen LogP contribution is 1.99. The molecule has 0 atom stereocenters. The second-order valence-electron chi connectivity index (χ2n) is 2.27. The Bertz CT molecular complexity index is 181. The van der Waals surface area contributed by atoms with Gasteiger partial charge in [-0.1, -0.05) is 0 Å². The number of amides is 2. The third-order valence-corrected chi connectivity index (χ3v) is 1.36. The van der Waals surface area contributed by atoms with Crippen LogP contribution in [0.4, 0.5) is 4.79 Å². The summed E-state index contributed by atoms with van der Waals surface area (Å²) in [6.07, 6.45) is -0.362. The van der Waals surface area contributed by atoms with Gasteiger partial charge in [-0.25, -0.2) is 4.79 Å². The summed E-state index contributed by atoms with van der Waals surface area (Å²) >= 11 is 0. The van der Waals surface area contributed by atoms with Gasteiger partial charge in [0.15, 0.2) is 0 Å². The first-order chi connectivity index (χ1) is 5.20. The number of nitrogens with one attached hydrogen (secondary N) is 1. The first-order valence-electron chi connectivity index (χ1n) is 3.36. The lowest BCUT2D eigenvalue weighted by Crippen LogP contribution is -2.36. The summed E-state index contributed by atoms with van der Waals surface area (Å²) in [4.78, 5) is 22.6. The van der Waals surface area contributed by atoms with Crippen LogP contribution in [0.25, 0.3) is 0 Å². The van der Waals surface area contributed by atoms with Crippen LogP contribution in [0.15, 0.2) is 0 Å². The highest BCUT2D eigenvalue weighted by molar-refractivity contribution is 5.74. The molecule has 1 saturated heterocycles. The van der Waals surface area contributed by atoms with Crippen molar-refractivity contribution in [1.82, 2.24) is 10.2 Å². The van der Waals surface area contributed by atoms with E-state index < -0.39 is 0 Å². The van der Waals surface area contributed by atoms with Gasteiger partial charge >= 0.3 is 6.09 Å². The molecule has 1 aliphatic rings. The summed E-state index contributed by atoms with van der Waals surface area (Å²) in [5.41, 5.74) is 0. The van der Waals surface area contributed by atoms with Crippen LogP contribution in [0.1, 0.15) is 6.92 Å². The Hall–Kier alpha value is -1.26. The van der Waals surface area contributed by atoms with E-state index in [1.54, 1.807) is 0 Å². The molecule has 0 spiro atoms. The minimum absolute atomic E-state index is 0.148. The number of carbonyl (C=O) groups is 2. The zero-order chi connectivity index (χ0) is 8.27. The molecule has 0 bridgehead atoms. The molecule has 0 radical (unpaired) electrons. The fraction of sp³-hybridized carbons (Fsp3) is 0.667. The topological polar surface area (TPSA) is 58.6 Å². The molecule has 0 aliphatic carbocycles. The van der Waals surface area contributed by atoms with Crippen LogP contribution < -0.4 is 5.32 Å². The normalized spacial score (nSPS) is 16.5. The number of cyclic esters (lactones) is 1. The maximum Gasteiger partial charge on any atom is 0.411 e. The van der Waals surface area contributed by atoms with Gasteiger partial charge in [-0.3, -0.25) is 9.69 Å². The maximum absolute atomic E-state index is 10.7. The van der Waals surface area contributed by atoms with Crippen molar-refractivity contribution in [3.8, 4) is 0 Å². The van der Waals surface area contributed by atoms with E-state index in [2.05, 4.69) is 10.1 Å². The first kappa shape index (κ1) is 7.84. The first-order valence-corrected chi connectivity index (χ1v) is 3.36. The highest BCUT2D eigenvalue weighted by atomic mass is 16.6. The lowest BCUT2D eigenvalue weighted by Gasteiger charge is -2.11. The summed E-state index contributed by atoms with van der Waals surface area (Å²) in [5.74, 6) is -0.148. The third kappa shape index (κ3) is 2.10. The van der Waals surface area contributed by atoms with Crippen molar-refractivity contribution in [2.45, 2.75) is 6.92 Å². The van der Waals surface area contributed by atoms with E-state index in [1.807, 2.05) is 0 Å². The molecule has 0 aromatic heterocycles. The van der Waals surface area contributed by atoms with Crippen LogP contribution in [0.2, 0.25) is 0 Å². The molecule has 0 unspecified atom stereocenters. The zero-order valence-electron chi connectivity index (χ0n) is 6.29. The van der Waals surface area contributed by atoms with Gasteiger partial charge in [0.1, 0.15) is 6.61 Å². The summed E-state index contributed by atoms with van der Waals surface area (Å²) in [7, 11) is 0. The van der Waals surface area contributed by atoms with Crippen molar-refractivity contribution in [2.24, 2.45) is 0 Å². The van der Waals surface area contributed by atoms with Crippen molar-refractivity contribution in [3.05, 3.63) is 0 Å². The Kier molecular flexibility index (Phi) is 2.30. The molecule has 5 heteroatoms. The molecule has 0 aromatic carbocycles. The van der Waals surface area contributed by atoms with Gasteiger partial charge in [-0.05, 0) is 0 Å².